The van der Waals surface area contributed by atoms with E-state index in [2.05, 4.69) is 4.90 Å². The Labute approximate surface area is 130 Å². The van der Waals surface area contributed by atoms with Crippen LogP contribution in [0.3, 0.4) is 0 Å². The van der Waals surface area contributed by atoms with Crippen molar-refractivity contribution in [1.82, 2.24) is 4.90 Å². The van der Waals surface area contributed by atoms with Crippen LogP contribution in [0.5, 0.6) is 0 Å². The highest BCUT2D eigenvalue weighted by Crippen LogP contribution is 2.31. The van der Waals surface area contributed by atoms with E-state index in [1.807, 2.05) is 6.07 Å². The minimum Gasteiger partial charge on any atom is -0.393 e. The lowest BCUT2D eigenvalue weighted by Crippen LogP contribution is -2.45. The number of halogens is 1. The van der Waals surface area contributed by atoms with Gasteiger partial charge in [-0.25, -0.2) is 4.39 Å². The summed E-state index contributed by atoms with van der Waals surface area (Å²) in [7, 11) is 0. The quantitative estimate of drug-likeness (QED) is 0.928. The number of benzene rings is 1. The molecule has 2 aliphatic rings. The van der Waals surface area contributed by atoms with Gasteiger partial charge < -0.3 is 9.84 Å². The summed E-state index contributed by atoms with van der Waals surface area (Å²) in [6, 6.07) is 6.90. The van der Waals surface area contributed by atoms with Crippen molar-refractivity contribution in [3.8, 4) is 6.07 Å². The number of hydrogen-bond acceptors (Lipinski definition) is 4. The van der Waals surface area contributed by atoms with Gasteiger partial charge in [0, 0.05) is 25.1 Å². The van der Waals surface area contributed by atoms with Crippen molar-refractivity contribution in [1.29, 1.82) is 5.26 Å². The molecule has 2 saturated heterocycles. The molecule has 118 valence electrons. The van der Waals surface area contributed by atoms with Crippen LogP contribution in [-0.2, 0) is 11.3 Å². The first-order valence-corrected chi connectivity index (χ1v) is 7.87. The molecule has 1 aromatic carbocycles. The molecule has 1 N–H and O–H groups in total. The van der Waals surface area contributed by atoms with Crippen LogP contribution in [0.2, 0.25) is 0 Å². The zero-order chi connectivity index (χ0) is 15.5. The Morgan fingerprint density at radius 3 is 3.05 bits per heavy atom. The van der Waals surface area contributed by atoms with Crippen molar-refractivity contribution in [2.75, 3.05) is 19.8 Å². The summed E-state index contributed by atoms with van der Waals surface area (Å²) in [6.07, 6.45) is 2.55. The molecular formula is C17H21FN2O2. The minimum atomic E-state index is -0.472. The van der Waals surface area contributed by atoms with Crippen LogP contribution in [-0.4, -0.2) is 41.9 Å². The molecule has 2 aliphatic heterocycles. The molecule has 0 saturated carbocycles. The Morgan fingerprint density at radius 2 is 2.27 bits per heavy atom. The average Bonchev–Trinajstić information content (AvgIpc) is 2.97. The lowest BCUT2D eigenvalue weighted by atomic mass is 9.89. The number of hydrogen-bond donors (Lipinski definition) is 1. The predicted molar refractivity (Wildman–Crippen MR) is 79.5 cm³/mol. The number of nitriles is 1. The zero-order valence-corrected chi connectivity index (χ0v) is 12.5. The van der Waals surface area contributed by atoms with E-state index in [9.17, 15) is 9.50 Å². The van der Waals surface area contributed by atoms with Gasteiger partial charge in [-0.2, -0.15) is 5.26 Å². The van der Waals surface area contributed by atoms with Crippen LogP contribution in [0.25, 0.3) is 0 Å². The third-order valence-corrected chi connectivity index (χ3v) is 4.81. The fraction of sp³-hybridized carbons (Fsp3) is 0.588. The summed E-state index contributed by atoms with van der Waals surface area (Å²) in [6.45, 7) is 2.89. The first-order valence-electron chi connectivity index (χ1n) is 7.87. The molecule has 4 nitrogen and oxygen atoms in total. The first-order chi connectivity index (χ1) is 10.7. The first kappa shape index (κ1) is 15.4. The van der Waals surface area contributed by atoms with Crippen molar-refractivity contribution in [3.63, 3.8) is 0 Å². The lowest BCUT2D eigenvalue weighted by Gasteiger charge is -2.37. The smallest absolute Gasteiger partial charge is 0.140 e. The van der Waals surface area contributed by atoms with Crippen LogP contribution in [0.4, 0.5) is 4.39 Å². The fourth-order valence-electron chi connectivity index (χ4n) is 3.64. The van der Waals surface area contributed by atoms with Crippen molar-refractivity contribution >= 4 is 0 Å². The molecule has 22 heavy (non-hydrogen) atoms. The van der Waals surface area contributed by atoms with E-state index in [4.69, 9.17) is 10.00 Å². The Hall–Kier alpha value is -1.48. The molecule has 2 fully saturated rings. The van der Waals surface area contributed by atoms with Gasteiger partial charge in [-0.05, 0) is 43.5 Å². The molecule has 0 aromatic heterocycles. The van der Waals surface area contributed by atoms with E-state index in [0.717, 1.165) is 24.9 Å². The Morgan fingerprint density at radius 1 is 1.41 bits per heavy atom. The predicted octanol–water partition coefficient (Wildman–Crippen LogP) is 2.06. The third-order valence-electron chi connectivity index (χ3n) is 4.81. The van der Waals surface area contributed by atoms with Crippen LogP contribution in [0.15, 0.2) is 18.2 Å². The van der Waals surface area contributed by atoms with Crippen LogP contribution in [0.1, 0.15) is 30.4 Å². The highest BCUT2D eigenvalue weighted by Gasteiger charge is 2.37. The molecule has 3 rings (SSSR count). The standard InChI is InChI=1S/C17H21FN2O2/c18-15-4-3-12(8-13(15)9-19)10-20-6-1-2-16(20)14-11-22-7-5-17(14)21/h3-4,8,14,16-17,21H,1-2,5-7,10-11H2/t14-,16+,17-/m0/s1. The number of nitrogens with zero attached hydrogens (tertiary/aromatic N) is 2. The van der Waals surface area contributed by atoms with E-state index in [-0.39, 0.29) is 17.6 Å². The van der Waals surface area contributed by atoms with Gasteiger partial charge in [0.15, 0.2) is 0 Å². The largest absolute Gasteiger partial charge is 0.393 e. The maximum Gasteiger partial charge on any atom is 0.140 e. The maximum atomic E-state index is 13.4. The minimum absolute atomic E-state index is 0.0919. The molecule has 2 heterocycles. The van der Waals surface area contributed by atoms with Crippen molar-refractivity contribution in [2.24, 2.45) is 5.92 Å². The number of rotatable bonds is 3. The van der Waals surface area contributed by atoms with Gasteiger partial charge in [-0.15, -0.1) is 0 Å². The summed E-state index contributed by atoms with van der Waals surface area (Å²) in [4.78, 5) is 2.33. The van der Waals surface area contributed by atoms with Gasteiger partial charge in [-0.1, -0.05) is 6.07 Å². The fourth-order valence-corrected chi connectivity index (χ4v) is 3.64. The molecule has 0 spiro atoms. The van der Waals surface area contributed by atoms with Crippen molar-refractivity contribution in [3.05, 3.63) is 35.1 Å². The Kier molecular flexibility index (Phi) is 4.72. The van der Waals surface area contributed by atoms with E-state index in [1.165, 1.54) is 6.07 Å². The normalized spacial score (nSPS) is 29.4. The number of aliphatic hydroxyl groups excluding tert-OH is 1. The molecule has 1 aromatic rings. The topological polar surface area (TPSA) is 56.5 Å². The number of ether oxygens (including phenoxy) is 1. The molecule has 5 heteroatoms. The average molecular weight is 304 g/mol. The summed E-state index contributed by atoms with van der Waals surface area (Å²) < 4.78 is 19.0. The molecule has 0 radical (unpaired) electrons. The number of likely N-dealkylation sites (tertiary alicyclic amines) is 1. The van der Waals surface area contributed by atoms with E-state index in [1.54, 1.807) is 12.1 Å². The second-order valence-corrected chi connectivity index (χ2v) is 6.20. The summed E-state index contributed by atoms with van der Waals surface area (Å²) in [5, 5.41) is 19.2. The van der Waals surface area contributed by atoms with E-state index in [0.29, 0.717) is 32.2 Å². The Bertz CT molecular complexity index is 572. The molecule has 3 atom stereocenters. The van der Waals surface area contributed by atoms with Crippen molar-refractivity contribution in [2.45, 2.75) is 38.0 Å². The van der Waals surface area contributed by atoms with E-state index >= 15 is 0 Å². The van der Waals surface area contributed by atoms with Gasteiger partial charge in [0.2, 0.25) is 0 Å². The SMILES string of the molecule is N#Cc1cc(CN2CCC[C@@H]2[C@@H]2COCC[C@@H]2O)ccc1F. The third kappa shape index (κ3) is 3.14. The highest BCUT2D eigenvalue weighted by atomic mass is 19.1. The van der Waals surface area contributed by atoms with Gasteiger partial charge in [0.25, 0.3) is 0 Å². The zero-order valence-electron chi connectivity index (χ0n) is 12.5. The molecule has 0 aliphatic carbocycles. The highest BCUT2D eigenvalue weighted by molar-refractivity contribution is 5.34. The van der Waals surface area contributed by atoms with E-state index < -0.39 is 5.82 Å². The van der Waals surface area contributed by atoms with Gasteiger partial charge in [0.1, 0.15) is 11.9 Å². The summed E-state index contributed by atoms with van der Waals surface area (Å²) in [5.74, 6) is -0.326. The van der Waals surface area contributed by atoms with Crippen molar-refractivity contribution < 1.29 is 14.2 Å². The monoisotopic (exact) mass is 304 g/mol. The van der Waals surface area contributed by atoms with Crippen LogP contribution >= 0.6 is 0 Å². The lowest BCUT2D eigenvalue weighted by molar-refractivity contribution is -0.0636. The Balaban J connectivity index is 1.72. The second-order valence-electron chi connectivity index (χ2n) is 6.20. The molecule has 0 amide bonds. The number of aliphatic hydroxyl groups is 1. The summed E-state index contributed by atoms with van der Waals surface area (Å²) in [5.41, 5.74) is 1.03. The second kappa shape index (κ2) is 6.74. The van der Waals surface area contributed by atoms with Crippen LogP contribution < -0.4 is 0 Å². The molecule has 0 unspecified atom stereocenters. The molecule has 0 bridgehead atoms. The van der Waals surface area contributed by atoms with Gasteiger partial charge in [0.05, 0.1) is 18.3 Å². The molecular weight excluding hydrogens is 283 g/mol. The summed E-state index contributed by atoms with van der Waals surface area (Å²) >= 11 is 0. The van der Waals surface area contributed by atoms with Gasteiger partial charge >= 0.3 is 0 Å². The van der Waals surface area contributed by atoms with Crippen LogP contribution in [0, 0.1) is 23.1 Å². The van der Waals surface area contributed by atoms with Gasteiger partial charge in [-0.3, -0.25) is 4.90 Å². The maximum absolute atomic E-state index is 13.4.